The molecule has 1 saturated carbocycles. The van der Waals surface area contributed by atoms with Crippen molar-refractivity contribution in [1.29, 1.82) is 0 Å². The Balaban J connectivity index is 1.35. The predicted octanol–water partition coefficient (Wildman–Crippen LogP) is 1.77. The zero-order valence-electron chi connectivity index (χ0n) is 12.1. The lowest BCUT2D eigenvalue weighted by molar-refractivity contribution is -0.122. The van der Waals surface area contributed by atoms with E-state index in [-0.39, 0.29) is 30.2 Å². The minimum Gasteiger partial charge on any atom is -0.463 e. The predicted molar refractivity (Wildman–Crippen MR) is 85.5 cm³/mol. The minimum atomic E-state index is -3.17. The van der Waals surface area contributed by atoms with Gasteiger partial charge in [-0.15, -0.1) is 11.3 Å². The van der Waals surface area contributed by atoms with Gasteiger partial charge in [0, 0.05) is 18.5 Å². The second kappa shape index (κ2) is 5.43. The van der Waals surface area contributed by atoms with E-state index in [1.807, 2.05) is 0 Å². The van der Waals surface area contributed by atoms with Crippen LogP contribution in [0.3, 0.4) is 0 Å². The number of nitrogens with zero attached hydrogens (tertiary/aromatic N) is 2. The van der Waals surface area contributed by atoms with Crippen LogP contribution in [0, 0.1) is 5.92 Å². The van der Waals surface area contributed by atoms with Gasteiger partial charge in [-0.1, -0.05) is 0 Å². The van der Waals surface area contributed by atoms with Crippen LogP contribution in [-0.4, -0.2) is 42.0 Å². The monoisotopic (exact) mass is 353 g/mol. The number of anilines is 1. The van der Waals surface area contributed by atoms with Crippen molar-refractivity contribution in [3.63, 3.8) is 0 Å². The summed E-state index contributed by atoms with van der Waals surface area (Å²) < 4.78 is 30.7. The van der Waals surface area contributed by atoms with Crippen molar-refractivity contribution < 1.29 is 17.6 Å². The summed E-state index contributed by atoms with van der Waals surface area (Å²) in [6.07, 6.45) is 3.05. The Hall–Kier alpha value is -1.71. The van der Waals surface area contributed by atoms with E-state index >= 15 is 0 Å². The molecular formula is C14H15N3O4S2. The highest BCUT2D eigenvalue weighted by Gasteiger charge is 2.47. The Labute approximate surface area is 137 Å². The zero-order chi connectivity index (χ0) is 16.0. The zero-order valence-corrected chi connectivity index (χ0v) is 13.8. The number of hydrogen-bond donors (Lipinski definition) is 1. The lowest BCUT2D eigenvalue weighted by Crippen LogP contribution is -2.55. The maximum atomic E-state index is 12.2. The van der Waals surface area contributed by atoms with Crippen LogP contribution in [0.1, 0.15) is 12.8 Å². The summed E-state index contributed by atoms with van der Waals surface area (Å²) in [5, 5.41) is 4.82. The number of hydrogen-bond acceptors (Lipinski definition) is 6. The molecule has 9 heteroatoms. The molecule has 1 amide bonds. The normalized spacial score (nSPS) is 19.5. The van der Waals surface area contributed by atoms with Crippen LogP contribution in [0.5, 0.6) is 0 Å². The Morgan fingerprint density at radius 1 is 1.39 bits per heavy atom. The number of nitrogens with one attached hydrogen (secondary N) is 1. The quantitative estimate of drug-likeness (QED) is 0.884. The van der Waals surface area contributed by atoms with Crippen molar-refractivity contribution in [2.75, 3.05) is 18.4 Å². The molecule has 2 aromatic rings. The summed E-state index contributed by atoms with van der Waals surface area (Å²) >= 11 is 1.31. The molecule has 0 aromatic carbocycles. The maximum absolute atomic E-state index is 12.2. The van der Waals surface area contributed by atoms with Crippen molar-refractivity contribution in [3.8, 4) is 11.5 Å². The van der Waals surface area contributed by atoms with Gasteiger partial charge in [0.2, 0.25) is 15.9 Å². The first-order valence-corrected chi connectivity index (χ1v) is 9.71. The molecule has 0 bridgehead atoms. The molecule has 1 aliphatic carbocycles. The summed E-state index contributed by atoms with van der Waals surface area (Å²) in [6, 6.07) is 3.57. The summed E-state index contributed by atoms with van der Waals surface area (Å²) in [5.74, 6) is 0.152. The molecule has 1 aliphatic heterocycles. The number of sulfonamides is 1. The van der Waals surface area contributed by atoms with E-state index in [1.165, 1.54) is 15.6 Å². The number of thiazole rings is 1. The Morgan fingerprint density at radius 2 is 2.17 bits per heavy atom. The second-order valence-electron chi connectivity index (χ2n) is 5.76. The van der Waals surface area contributed by atoms with Gasteiger partial charge in [0.15, 0.2) is 10.9 Å². The van der Waals surface area contributed by atoms with Crippen molar-refractivity contribution in [1.82, 2.24) is 9.29 Å². The molecule has 0 atom stereocenters. The summed E-state index contributed by atoms with van der Waals surface area (Å²) in [5.41, 5.74) is 0.668. The van der Waals surface area contributed by atoms with Gasteiger partial charge >= 0.3 is 0 Å². The smallest absolute Gasteiger partial charge is 0.231 e. The average Bonchev–Trinajstić information content (AvgIpc) is 2.99. The van der Waals surface area contributed by atoms with Crippen LogP contribution in [-0.2, 0) is 14.8 Å². The largest absolute Gasteiger partial charge is 0.463 e. The molecule has 0 radical (unpaired) electrons. The van der Waals surface area contributed by atoms with Gasteiger partial charge in [-0.3, -0.25) is 4.79 Å². The summed E-state index contributed by atoms with van der Waals surface area (Å²) in [6.45, 7) is 0.530. The van der Waals surface area contributed by atoms with Crippen LogP contribution in [0.25, 0.3) is 11.5 Å². The van der Waals surface area contributed by atoms with Crippen LogP contribution in [0.15, 0.2) is 28.2 Å². The molecular weight excluding hydrogens is 338 g/mol. The van der Waals surface area contributed by atoms with E-state index in [0.717, 1.165) is 12.8 Å². The number of rotatable bonds is 5. The third-order valence-corrected chi connectivity index (χ3v) is 7.12. The molecule has 0 unspecified atom stereocenters. The molecule has 7 nitrogen and oxygen atoms in total. The highest BCUT2D eigenvalue weighted by atomic mass is 32.2. The first kappa shape index (κ1) is 14.9. The van der Waals surface area contributed by atoms with E-state index < -0.39 is 10.0 Å². The van der Waals surface area contributed by atoms with E-state index in [1.54, 1.807) is 23.8 Å². The first-order chi connectivity index (χ1) is 11.0. The Bertz CT molecular complexity index is 818. The maximum Gasteiger partial charge on any atom is 0.231 e. The van der Waals surface area contributed by atoms with Crippen LogP contribution in [0.2, 0.25) is 0 Å². The number of carbonyl (C=O) groups is 1. The molecule has 2 aromatic heterocycles. The average molecular weight is 353 g/mol. The number of aromatic nitrogens is 1. The molecule has 23 heavy (non-hydrogen) atoms. The molecule has 4 rings (SSSR count). The third kappa shape index (κ3) is 2.79. The van der Waals surface area contributed by atoms with Crippen LogP contribution in [0.4, 0.5) is 5.13 Å². The van der Waals surface area contributed by atoms with Gasteiger partial charge in [0.25, 0.3) is 0 Å². The van der Waals surface area contributed by atoms with E-state index in [4.69, 9.17) is 4.42 Å². The lowest BCUT2D eigenvalue weighted by Gasteiger charge is -2.36. The molecule has 0 spiro atoms. The highest BCUT2D eigenvalue weighted by molar-refractivity contribution is 7.90. The summed E-state index contributed by atoms with van der Waals surface area (Å²) in [7, 11) is -3.17. The van der Waals surface area contributed by atoms with E-state index in [9.17, 15) is 13.2 Å². The van der Waals surface area contributed by atoms with Crippen molar-refractivity contribution in [3.05, 3.63) is 23.8 Å². The van der Waals surface area contributed by atoms with Gasteiger partial charge in [-0.2, -0.15) is 4.31 Å². The fourth-order valence-corrected chi connectivity index (χ4v) is 5.10. The molecule has 1 saturated heterocycles. The Morgan fingerprint density at radius 3 is 2.83 bits per heavy atom. The van der Waals surface area contributed by atoms with Crippen LogP contribution < -0.4 is 5.32 Å². The standard InChI is InChI=1S/C14H15N3O4S2/c18-13(9-6-17(7-9)23(19,20)10-3-4-10)16-14-15-11(8-22-14)12-2-1-5-21-12/h1-2,5,8-10H,3-4,6-7H2,(H,15,16,18). The second-order valence-corrected chi connectivity index (χ2v) is 8.83. The number of furan rings is 1. The van der Waals surface area contributed by atoms with Gasteiger partial charge in [0.05, 0.1) is 17.4 Å². The molecule has 2 aliphatic rings. The fourth-order valence-electron chi connectivity index (χ4n) is 2.46. The van der Waals surface area contributed by atoms with Gasteiger partial charge < -0.3 is 9.73 Å². The molecule has 122 valence electrons. The van der Waals surface area contributed by atoms with Gasteiger partial charge in [-0.25, -0.2) is 13.4 Å². The third-order valence-electron chi connectivity index (χ3n) is 4.03. The number of carbonyl (C=O) groups excluding carboxylic acids is 1. The minimum absolute atomic E-state index is 0.187. The SMILES string of the molecule is O=C(Nc1nc(-c2ccco2)cs1)C1CN(S(=O)(=O)C2CC2)C1. The number of amides is 1. The first-order valence-electron chi connectivity index (χ1n) is 7.33. The van der Waals surface area contributed by atoms with E-state index in [0.29, 0.717) is 16.6 Å². The lowest BCUT2D eigenvalue weighted by atomic mass is 10.0. The molecule has 2 fully saturated rings. The molecule has 3 heterocycles. The summed E-state index contributed by atoms with van der Waals surface area (Å²) in [4.78, 5) is 16.5. The van der Waals surface area contributed by atoms with E-state index in [2.05, 4.69) is 10.3 Å². The van der Waals surface area contributed by atoms with Crippen molar-refractivity contribution in [2.24, 2.45) is 5.92 Å². The van der Waals surface area contributed by atoms with Crippen molar-refractivity contribution >= 4 is 32.4 Å². The topological polar surface area (TPSA) is 92.5 Å². The van der Waals surface area contributed by atoms with Crippen molar-refractivity contribution in [2.45, 2.75) is 18.1 Å². The molecule has 1 N–H and O–H groups in total. The fraction of sp³-hybridized carbons (Fsp3) is 0.429. The van der Waals surface area contributed by atoms with Crippen LogP contribution >= 0.6 is 11.3 Å². The Kier molecular flexibility index (Phi) is 3.51. The van der Waals surface area contributed by atoms with Gasteiger partial charge in [0.1, 0.15) is 5.69 Å². The van der Waals surface area contributed by atoms with Gasteiger partial charge in [-0.05, 0) is 25.0 Å². The highest BCUT2D eigenvalue weighted by Crippen LogP contribution is 2.35.